The molecule has 0 saturated heterocycles. The number of hydrogen-bond donors (Lipinski definition) is 1. The smallest absolute Gasteiger partial charge is 0.331 e. The van der Waals surface area contributed by atoms with Crippen LogP contribution in [0.5, 0.6) is 0 Å². The topological polar surface area (TPSA) is 109 Å². The van der Waals surface area contributed by atoms with Crippen LogP contribution in [0.3, 0.4) is 0 Å². The maximum absolute atomic E-state index is 12.8. The Morgan fingerprint density at radius 3 is 2.38 bits per heavy atom. The molecule has 154 valence electrons. The number of anilines is 1. The van der Waals surface area contributed by atoms with Gasteiger partial charge in [-0.1, -0.05) is 18.2 Å². The van der Waals surface area contributed by atoms with Crippen LogP contribution in [-0.4, -0.2) is 39.9 Å². The van der Waals surface area contributed by atoms with Crippen molar-refractivity contribution in [2.75, 3.05) is 11.9 Å². The molecule has 1 amide bonds. The van der Waals surface area contributed by atoms with Crippen molar-refractivity contribution in [1.29, 1.82) is 0 Å². The van der Waals surface area contributed by atoms with E-state index in [9.17, 15) is 19.2 Å². The molecule has 1 aromatic carbocycles. The summed E-state index contributed by atoms with van der Waals surface area (Å²) >= 11 is 0. The third-order valence-corrected chi connectivity index (χ3v) is 4.11. The van der Waals surface area contributed by atoms with E-state index in [0.717, 1.165) is 12.2 Å². The SMILES string of the molecule is CCOC(=O)/C=C/C(=O)O[C@@H](C)C(=O)Nc1c(C)n(C)n(-c2ccccc2)c1=O. The van der Waals surface area contributed by atoms with Crippen LogP contribution in [0.15, 0.2) is 47.3 Å². The fourth-order valence-corrected chi connectivity index (χ4v) is 2.53. The van der Waals surface area contributed by atoms with Crippen LogP contribution in [0.1, 0.15) is 19.5 Å². The summed E-state index contributed by atoms with van der Waals surface area (Å²) in [6.07, 6.45) is 0.604. The van der Waals surface area contributed by atoms with E-state index in [1.807, 2.05) is 6.07 Å². The van der Waals surface area contributed by atoms with Crippen molar-refractivity contribution in [3.05, 3.63) is 58.5 Å². The Labute approximate surface area is 167 Å². The minimum absolute atomic E-state index is 0.0892. The van der Waals surface area contributed by atoms with Gasteiger partial charge in [0.25, 0.3) is 11.5 Å². The number of esters is 2. The maximum Gasteiger partial charge on any atom is 0.331 e. The summed E-state index contributed by atoms with van der Waals surface area (Å²) in [5, 5.41) is 2.51. The van der Waals surface area contributed by atoms with Gasteiger partial charge in [0.15, 0.2) is 6.10 Å². The van der Waals surface area contributed by atoms with Gasteiger partial charge in [-0.15, -0.1) is 0 Å². The van der Waals surface area contributed by atoms with Gasteiger partial charge in [-0.05, 0) is 32.9 Å². The molecular weight excluding hydrogens is 378 g/mol. The highest BCUT2D eigenvalue weighted by Crippen LogP contribution is 2.14. The molecule has 1 heterocycles. The van der Waals surface area contributed by atoms with Crippen molar-refractivity contribution >= 4 is 23.5 Å². The zero-order valence-corrected chi connectivity index (χ0v) is 16.7. The van der Waals surface area contributed by atoms with E-state index >= 15 is 0 Å². The van der Waals surface area contributed by atoms with Gasteiger partial charge in [-0.3, -0.25) is 14.3 Å². The number of carbonyl (C=O) groups is 3. The van der Waals surface area contributed by atoms with E-state index in [4.69, 9.17) is 4.74 Å². The van der Waals surface area contributed by atoms with Crippen LogP contribution < -0.4 is 10.9 Å². The Bertz CT molecular complexity index is 988. The molecule has 1 atom stereocenters. The lowest BCUT2D eigenvalue weighted by molar-refractivity contribution is -0.148. The van der Waals surface area contributed by atoms with E-state index in [1.165, 1.54) is 11.6 Å². The highest BCUT2D eigenvalue weighted by Gasteiger charge is 2.22. The van der Waals surface area contributed by atoms with Crippen LogP contribution in [0.2, 0.25) is 0 Å². The molecule has 29 heavy (non-hydrogen) atoms. The Hall–Kier alpha value is -3.62. The van der Waals surface area contributed by atoms with Crippen molar-refractivity contribution in [3.63, 3.8) is 0 Å². The monoisotopic (exact) mass is 401 g/mol. The van der Waals surface area contributed by atoms with Gasteiger partial charge >= 0.3 is 11.9 Å². The average molecular weight is 401 g/mol. The molecule has 2 aromatic rings. The quantitative estimate of drug-likeness (QED) is 0.556. The van der Waals surface area contributed by atoms with E-state index < -0.39 is 29.5 Å². The third-order valence-electron chi connectivity index (χ3n) is 4.11. The number of nitrogens with one attached hydrogen (secondary N) is 1. The minimum atomic E-state index is -1.18. The molecule has 9 nitrogen and oxygen atoms in total. The molecule has 0 radical (unpaired) electrons. The first kappa shape index (κ1) is 21.7. The standard InChI is InChI=1S/C20H23N3O6/c1-5-28-16(24)11-12-17(25)29-14(3)19(26)21-18-13(2)22(4)23(20(18)27)15-9-7-6-8-10-15/h6-12,14H,5H2,1-4H3,(H,21,26)/b12-11+/t14-/m0/s1. The third kappa shape index (κ3) is 5.22. The molecule has 9 heteroatoms. The van der Waals surface area contributed by atoms with Crippen LogP contribution in [0, 0.1) is 6.92 Å². The summed E-state index contributed by atoms with van der Waals surface area (Å²) in [7, 11) is 1.70. The normalized spacial score (nSPS) is 11.9. The molecule has 0 aliphatic carbocycles. The predicted molar refractivity (Wildman–Crippen MR) is 106 cm³/mol. The van der Waals surface area contributed by atoms with Crippen molar-refractivity contribution in [3.8, 4) is 5.69 Å². The lowest BCUT2D eigenvalue weighted by Crippen LogP contribution is -2.31. The molecular formula is C20H23N3O6. The second-order valence-corrected chi connectivity index (χ2v) is 6.09. The number of para-hydroxylation sites is 1. The van der Waals surface area contributed by atoms with Crippen LogP contribution in [0.4, 0.5) is 5.69 Å². The van der Waals surface area contributed by atoms with Crippen molar-refractivity contribution in [2.24, 2.45) is 7.05 Å². The molecule has 2 rings (SSSR count). The van der Waals surface area contributed by atoms with Crippen LogP contribution >= 0.6 is 0 Å². The molecule has 0 spiro atoms. The predicted octanol–water partition coefficient (Wildman–Crippen LogP) is 1.47. The first-order valence-corrected chi connectivity index (χ1v) is 8.96. The largest absolute Gasteiger partial charge is 0.463 e. The number of amides is 1. The maximum atomic E-state index is 12.8. The van der Waals surface area contributed by atoms with Gasteiger partial charge in [0.05, 0.1) is 18.0 Å². The average Bonchev–Trinajstić information content (AvgIpc) is 2.90. The lowest BCUT2D eigenvalue weighted by atomic mass is 10.3. The summed E-state index contributed by atoms with van der Waals surface area (Å²) in [6.45, 7) is 4.86. The minimum Gasteiger partial charge on any atom is -0.463 e. The van der Waals surface area contributed by atoms with Gasteiger partial charge in [0.1, 0.15) is 5.69 Å². The summed E-state index contributed by atoms with van der Waals surface area (Å²) in [5.41, 5.74) is 0.858. The van der Waals surface area contributed by atoms with Gasteiger partial charge < -0.3 is 14.8 Å². The number of nitrogens with zero attached hydrogens (tertiary/aromatic N) is 2. The second kappa shape index (κ2) is 9.54. The van der Waals surface area contributed by atoms with Gasteiger partial charge in [-0.2, -0.15) is 0 Å². The summed E-state index contributed by atoms with van der Waals surface area (Å²) in [5.74, 6) is -2.25. The molecule has 1 aromatic heterocycles. The molecule has 0 unspecified atom stereocenters. The lowest BCUT2D eigenvalue weighted by Gasteiger charge is -2.11. The summed E-state index contributed by atoms with van der Waals surface area (Å²) < 4.78 is 12.6. The zero-order chi connectivity index (χ0) is 21.6. The van der Waals surface area contributed by atoms with E-state index in [1.54, 1.807) is 49.8 Å². The fourth-order valence-electron chi connectivity index (χ4n) is 2.53. The Morgan fingerprint density at radius 2 is 1.76 bits per heavy atom. The highest BCUT2D eigenvalue weighted by atomic mass is 16.5. The molecule has 0 saturated carbocycles. The zero-order valence-electron chi connectivity index (χ0n) is 16.7. The van der Waals surface area contributed by atoms with Gasteiger partial charge in [0.2, 0.25) is 0 Å². The Kier molecular flexibility index (Phi) is 7.13. The number of rotatable bonds is 7. The Morgan fingerprint density at radius 1 is 1.14 bits per heavy atom. The molecule has 0 fully saturated rings. The second-order valence-electron chi connectivity index (χ2n) is 6.09. The highest BCUT2D eigenvalue weighted by molar-refractivity contribution is 5.97. The van der Waals surface area contributed by atoms with E-state index in [2.05, 4.69) is 10.1 Å². The fraction of sp³-hybridized carbons (Fsp3) is 0.300. The van der Waals surface area contributed by atoms with Crippen LogP contribution in [-0.2, 0) is 30.9 Å². The number of ether oxygens (including phenoxy) is 2. The van der Waals surface area contributed by atoms with Crippen molar-refractivity contribution in [2.45, 2.75) is 26.9 Å². The first-order valence-electron chi connectivity index (χ1n) is 8.96. The van der Waals surface area contributed by atoms with Crippen molar-refractivity contribution < 1.29 is 23.9 Å². The van der Waals surface area contributed by atoms with Crippen molar-refractivity contribution in [1.82, 2.24) is 9.36 Å². The molecule has 0 bridgehead atoms. The number of aromatic nitrogens is 2. The van der Waals surface area contributed by atoms with Gasteiger partial charge in [0, 0.05) is 19.2 Å². The summed E-state index contributed by atoms with van der Waals surface area (Å²) in [6, 6.07) is 8.97. The van der Waals surface area contributed by atoms with E-state index in [-0.39, 0.29) is 12.3 Å². The first-order chi connectivity index (χ1) is 13.8. The van der Waals surface area contributed by atoms with Crippen LogP contribution in [0.25, 0.3) is 5.69 Å². The molecule has 0 aliphatic rings. The van der Waals surface area contributed by atoms with E-state index in [0.29, 0.717) is 11.4 Å². The molecule has 1 N–H and O–H groups in total. The summed E-state index contributed by atoms with van der Waals surface area (Å²) in [4.78, 5) is 48.1. The number of carbonyl (C=O) groups excluding carboxylic acids is 3. The Balaban J connectivity index is 2.12. The number of benzene rings is 1. The number of hydrogen-bond acceptors (Lipinski definition) is 6. The van der Waals surface area contributed by atoms with Gasteiger partial charge in [-0.25, -0.2) is 14.3 Å². The molecule has 0 aliphatic heterocycles.